The minimum Gasteiger partial charge on any atom is -0.402 e. The molecule has 0 bridgehead atoms. The normalized spacial score (nSPS) is 15.4. The topological polar surface area (TPSA) is 67.4 Å². The molecule has 0 fully saturated rings. The molecule has 1 aliphatic heterocycles. The summed E-state index contributed by atoms with van der Waals surface area (Å²) in [7, 11) is 0. The fraction of sp³-hybridized carbons (Fsp3) is 0.167. The maximum atomic E-state index is 12.0. The first-order valence-electron chi connectivity index (χ1n) is 7.22. The molecule has 1 aromatic carbocycles. The number of cyclic esters (lactones) is 1. The Morgan fingerprint density at radius 3 is 2.74 bits per heavy atom. The minimum atomic E-state index is -0.464. The van der Waals surface area contributed by atoms with Crippen molar-refractivity contribution >= 4 is 17.9 Å². The molecule has 5 nitrogen and oxygen atoms in total. The van der Waals surface area contributed by atoms with E-state index in [0.717, 1.165) is 22.5 Å². The van der Waals surface area contributed by atoms with Crippen molar-refractivity contribution in [3.8, 4) is 6.07 Å². The van der Waals surface area contributed by atoms with Crippen molar-refractivity contribution in [2.75, 3.05) is 0 Å². The molecular formula is C18H15N3O2. The Kier molecular flexibility index (Phi) is 3.82. The fourth-order valence-electron chi connectivity index (χ4n) is 2.55. The number of nitrogens with zero attached hydrogens (tertiary/aromatic N) is 3. The number of carbonyl (C=O) groups excluding carboxylic acids is 1. The van der Waals surface area contributed by atoms with E-state index in [-0.39, 0.29) is 12.2 Å². The van der Waals surface area contributed by atoms with Crippen molar-refractivity contribution in [2.24, 2.45) is 4.99 Å². The number of aromatic nitrogens is 1. The first kappa shape index (κ1) is 14.8. The summed E-state index contributed by atoms with van der Waals surface area (Å²) in [6, 6.07) is 13.4. The number of esters is 1. The molecule has 0 aliphatic carbocycles. The highest BCUT2D eigenvalue weighted by Crippen LogP contribution is 2.22. The molecule has 2 aromatic rings. The van der Waals surface area contributed by atoms with Gasteiger partial charge in [-0.25, -0.2) is 9.79 Å². The van der Waals surface area contributed by atoms with Crippen LogP contribution in [-0.4, -0.2) is 16.4 Å². The lowest BCUT2D eigenvalue weighted by Crippen LogP contribution is -2.05. The van der Waals surface area contributed by atoms with Crippen LogP contribution < -0.4 is 0 Å². The second kappa shape index (κ2) is 5.93. The zero-order valence-electron chi connectivity index (χ0n) is 12.9. The van der Waals surface area contributed by atoms with Crippen molar-refractivity contribution in [2.45, 2.75) is 20.4 Å². The van der Waals surface area contributed by atoms with E-state index in [1.807, 2.05) is 54.8 Å². The Hall–Kier alpha value is -3.13. The number of benzene rings is 1. The summed E-state index contributed by atoms with van der Waals surface area (Å²) < 4.78 is 7.14. The smallest absolute Gasteiger partial charge is 0.363 e. The Morgan fingerprint density at radius 1 is 1.30 bits per heavy atom. The summed E-state index contributed by atoms with van der Waals surface area (Å²) in [5, 5.41) is 8.88. The summed E-state index contributed by atoms with van der Waals surface area (Å²) in [6.07, 6.45) is 1.70. The van der Waals surface area contributed by atoms with Gasteiger partial charge in [0.2, 0.25) is 5.90 Å². The monoisotopic (exact) mass is 305 g/mol. The first-order chi connectivity index (χ1) is 11.1. The number of carbonyl (C=O) groups is 1. The van der Waals surface area contributed by atoms with Crippen LogP contribution in [0, 0.1) is 25.2 Å². The molecule has 0 unspecified atom stereocenters. The lowest BCUT2D eigenvalue weighted by Gasteiger charge is -2.02. The summed E-state index contributed by atoms with van der Waals surface area (Å²) in [4.78, 5) is 16.3. The van der Waals surface area contributed by atoms with Crippen LogP contribution in [0.3, 0.4) is 0 Å². The maximum Gasteiger partial charge on any atom is 0.363 e. The average Bonchev–Trinajstić information content (AvgIpc) is 3.04. The third-order valence-corrected chi connectivity index (χ3v) is 3.78. The number of aliphatic imine (C=N–C) groups is 1. The molecule has 0 amide bonds. The van der Waals surface area contributed by atoms with Crippen molar-refractivity contribution in [3.05, 3.63) is 64.6 Å². The van der Waals surface area contributed by atoms with Crippen LogP contribution in [0.15, 0.2) is 47.1 Å². The van der Waals surface area contributed by atoms with Gasteiger partial charge in [-0.15, -0.1) is 0 Å². The van der Waals surface area contributed by atoms with E-state index in [2.05, 4.69) is 11.1 Å². The number of hydrogen-bond acceptors (Lipinski definition) is 4. The molecule has 0 atom stereocenters. The van der Waals surface area contributed by atoms with Crippen LogP contribution >= 0.6 is 0 Å². The van der Waals surface area contributed by atoms with E-state index in [0.29, 0.717) is 5.90 Å². The maximum absolute atomic E-state index is 12.0. The Balaban J connectivity index is 1.97. The quantitative estimate of drug-likeness (QED) is 0.646. The second-order valence-corrected chi connectivity index (χ2v) is 5.27. The molecule has 3 rings (SSSR count). The van der Waals surface area contributed by atoms with Crippen molar-refractivity contribution in [1.29, 1.82) is 5.26 Å². The molecular weight excluding hydrogens is 290 g/mol. The molecule has 0 radical (unpaired) electrons. The van der Waals surface area contributed by atoms with Gasteiger partial charge in [-0.05, 0) is 43.7 Å². The standard InChI is InChI=1S/C18H15N3O2/c1-12-10-15(13(2)21(12)9-8-19)11-16-18(22)23-17(20-16)14-6-4-3-5-7-14/h3-7,10-11H,9H2,1-2H3/b16-11+. The third kappa shape index (κ3) is 2.79. The van der Waals surface area contributed by atoms with Gasteiger partial charge in [-0.3, -0.25) is 0 Å². The molecule has 114 valence electrons. The number of ether oxygens (including phenoxy) is 1. The predicted octanol–water partition coefficient (Wildman–Crippen LogP) is 2.97. The number of aryl methyl sites for hydroxylation is 1. The van der Waals surface area contributed by atoms with Crippen molar-refractivity contribution in [3.63, 3.8) is 0 Å². The zero-order chi connectivity index (χ0) is 16.4. The third-order valence-electron chi connectivity index (χ3n) is 3.78. The Bertz CT molecular complexity index is 868. The number of rotatable bonds is 3. The molecule has 0 saturated heterocycles. The van der Waals surface area contributed by atoms with Crippen molar-refractivity contribution in [1.82, 2.24) is 4.57 Å². The fourth-order valence-corrected chi connectivity index (χ4v) is 2.55. The largest absolute Gasteiger partial charge is 0.402 e. The van der Waals surface area contributed by atoms with E-state index in [1.165, 1.54) is 0 Å². The van der Waals surface area contributed by atoms with Crippen LogP contribution in [0.25, 0.3) is 6.08 Å². The van der Waals surface area contributed by atoms with Gasteiger partial charge < -0.3 is 9.30 Å². The average molecular weight is 305 g/mol. The molecule has 23 heavy (non-hydrogen) atoms. The number of hydrogen-bond donors (Lipinski definition) is 0. The molecule has 5 heteroatoms. The first-order valence-corrected chi connectivity index (χ1v) is 7.22. The molecule has 1 aliphatic rings. The summed E-state index contributed by atoms with van der Waals surface area (Å²) in [5.74, 6) is -0.151. The summed E-state index contributed by atoms with van der Waals surface area (Å²) in [6.45, 7) is 4.13. The van der Waals surface area contributed by atoms with Gasteiger partial charge in [0.15, 0.2) is 5.70 Å². The van der Waals surface area contributed by atoms with Gasteiger partial charge in [-0.1, -0.05) is 18.2 Å². The highest BCUT2D eigenvalue weighted by atomic mass is 16.6. The van der Waals surface area contributed by atoms with Gasteiger partial charge in [0, 0.05) is 17.0 Å². The predicted molar refractivity (Wildman–Crippen MR) is 86.6 cm³/mol. The van der Waals surface area contributed by atoms with Crippen LogP contribution in [0.1, 0.15) is 22.5 Å². The molecule has 0 N–H and O–H groups in total. The lowest BCUT2D eigenvalue weighted by molar-refractivity contribution is -0.129. The SMILES string of the molecule is Cc1cc(/C=C2/N=C(c3ccccc3)OC2=O)c(C)n1CC#N. The number of nitriles is 1. The van der Waals surface area contributed by atoms with E-state index in [4.69, 9.17) is 10.00 Å². The lowest BCUT2D eigenvalue weighted by atomic mass is 10.2. The second-order valence-electron chi connectivity index (χ2n) is 5.27. The minimum absolute atomic E-state index is 0.265. The Morgan fingerprint density at radius 2 is 2.04 bits per heavy atom. The zero-order valence-corrected chi connectivity index (χ0v) is 12.9. The molecule has 1 aromatic heterocycles. The molecule has 2 heterocycles. The van der Waals surface area contributed by atoms with Crippen LogP contribution in [0.2, 0.25) is 0 Å². The van der Waals surface area contributed by atoms with Gasteiger partial charge >= 0.3 is 5.97 Å². The van der Waals surface area contributed by atoms with Gasteiger partial charge in [-0.2, -0.15) is 5.26 Å². The summed E-state index contributed by atoms with van der Waals surface area (Å²) in [5.41, 5.74) is 3.78. The van der Waals surface area contributed by atoms with E-state index in [1.54, 1.807) is 6.08 Å². The molecule has 0 saturated carbocycles. The van der Waals surface area contributed by atoms with E-state index < -0.39 is 5.97 Å². The summed E-state index contributed by atoms with van der Waals surface area (Å²) >= 11 is 0. The highest BCUT2D eigenvalue weighted by Gasteiger charge is 2.24. The van der Waals surface area contributed by atoms with E-state index >= 15 is 0 Å². The Labute approximate surface area is 134 Å². The molecule has 0 spiro atoms. The van der Waals surface area contributed by atoms with Crippen molar-refractivity contribution < 1.29 is 9.53 Å². The van der Waals surface area contributed by atoms with Gasteiger partial charge in [0.1, 0.15) is 6.54 Å². The van der Waals surface area contributed by atoms with Crippen LogP contribution in [0.5, 0.6) is 0 Å². The highest BCUT2D eigenvalue weighted by molar-refractivity contribution is 6.12. The van der Waals surface area contributed by atoms with Gasteiger partial charge in [0.05, 0.1) is 6.07 Å². The van der Waals surface area contributed by atoms with Gasteiger partial charge in [0.25, 0.3) is 0 Å². The van der Waals surface area contributed by atoms with Crippen LogP contribution in [0.4, 0.5) is 0 Å². The van der Waals surface area contributed by atoms with Crippen LogP contribution in [-0.2, 0) is 16.1 Å². The van der Waals surface area contributed by atoms with E-state index in [9.17, 15) is 4.79 Å².